The van der Waals surface area contributed by atoms with Crippen molar-refractivity contribution < 1.29 is 137 Å². The summed E-state index contributed by atoms with van der Waals surface area (Å²) >= 11 is 0. The molecule has 10 atom stereocenters. The molecular weight excluding hydrogens is 1740 g/mol. The van der Waals surface area contributed by atoms with Gasteiger partial charge in [0.05, 0.1) is 55.6 Å². The van der Waals surface area contributed by atoms with E-state index < -0.39 is 264 Å². The van der Waals surface area contributed by atoms with Crippen molar-refractivity contribution in [3.05, 3.63) is 63.9 Å². The summed E-state index contributed by atoms with van der Waals surface area (Å²) in [6, 6.07) is -1.61. The van der Waals surface area contributed by atoms with Crippen LogP contribution in [0.25, 0.3) is 10.9 Å². The van der Waals surface area contributed by atoms with Crippen molar-refractivity contribution >= 4 is 161 Å². The molecule has 48 heteroatoms. The van der Waals surface area contributed by atoms with Crippen molar-refractivity contribution in [2.45, 2.75) is 208 Å². The molecule has 126 heavy (non-hydrogen) atoms. The highest BCUT2D eigenvalue weighted by molar-refractivity contribution is 8.77. The maximum absolute atomic E-state index is 14.7. The summed E-state index contributed by atoms with van der Waals surface area (Å²) in [7, 11) is 4.23. The number of hydrogen-bond acceptors (Lipinski definition) is 32. The van der Waals surface area contributed by atoms with Crippen LogP contribution in [0.4, 0.5) is 16.4 Å². The maximum atomic E-state index is 14.7. The normalized spacial score (nSPS) is 13.4. The molecule has 0 aliphatic heterocycles. The Labute approximate surface area is 740 Å². The molecule has 1 aromatic heterocycles. The Balaban J connectivity index is 1.86. The quantitative estimate of drug-likeness (QED) is 0.0124. The van der Waals surface area contributed by atoms with Crippen molar-refractivity contribution in [2.24, 2.45) is 5.73 Å². The first-order chi connectivity index (χ1) is 60.1. The number of carbonyl (C=O) groups excluding carboxylic acids is 12. The predicted molar refractivity (Wildman–Crippen MR) is 463 cm³/mol. The average molecular weight is 1860 g/mol. The van der Waals surface area contributed by atoms with Crippen molar-refractivity contribution in [3.8, 4) is 12.3 Å². The number of aromatic amines is 1. The molecule has 25 N–H and O–H groups in total. The number of unbranched alkanes of at least 4 members (excludes halogenated alkanes) is 3. The Morgan fingerprint density at radius 2 is 0.889 bits per heavy atom. The van der Waals surface area contributed by atoms with E-state index in [2.05, 4.69) is 73.8 Å². The molecular formula is C78H115N15O29S4. The smallest absolute Gasteiger partial charge is 0.404 e. The molecule has 0 aliphatic rings. The van der Waals surface area contributed by atoms with Crippen LogP contribution in [0.2, 0.25) is 0 Å². The fraction of sp³-hybridized carbons (Fsp3) is 0.590. The molecule has 0 fully saturated rings. The van der Waals surface area contributed by atoms with Crippen molar-refractivity contribution in [1.82, 2.24) is 63.1 Å². The second kappa shape index (κ2) is 62.4. The van der Waals surface area contributed by atoms with Gasteiger partial charge in [0.25, 0.3) is 11.5 Å². The number of H-pyrrole nitrogens is 1. The molecule has 0 bridgehead atoms. The number of fused-ring (bicyclic) bond motifs is 1. The summed E-state index contributed by atoms with van der Waals surface area (Å²) in [5.41, 5.74) is 11.9. The van der Waals surface area contributed by atoms with E-state index in [4.69, 9.17) is 27.7 Å². The number of carboxylic acids is 4. The Kier molecular flexibility index (Phi) is 54.1. The first kappa shape index (κ1) is 109. The highest BCUT2D eigenvalue weighted by Gasteiger charge is 2.36. The minimum Gasteiger partial charge on any atom is -0.481 e. The van der Waals surface area contributed by atoms with Gasteiger partial charge >= 0.3 is 35.9 Å². The Morgan fingerprint density at radius 1 is 0.476 bits per heavy atom. The highest BCUT2D eigenvalue weighted by atomic mass is 33.1. The number of aliphatic carboxylic acids is 4. The Bertz CT molecular complexity index is 4150. The molecule has 44 nitrogen and oxygen atoms in total. The number of aromatic nitrogens is 2. The number of amides is 11. The standard InChI is InChI=1S/C78H115N15O29S4/c1-2-34-93(41-46-12-17-53-52(40-46)69(110)92-77(79)91-53)48-15-13-47(14-16-48)68(109)89-59(75(116)117)23-29-67(108)121-35-38-125-126-45-60(76(118)119)90-74(115)56(20-26-63(102)83-33-8-5-11-51(99)44-96)86-73(114)58(22-28-66(106)107)88-71(112)55(19-25-62(101)82-32-7-4-10-50(98)43-95)85-72(113)57(21-27-65(104)105)87-70(111)54(18-24-61(100)81-31-6-3-9-49(97)42-94)84-64(103)30-37-123-124-39-36-122-78(80)120/h1,12-17,40,49-51,54-60,94-99H,3-11,18-39,41-45H2,(H2,80,120)(H,81,100)(H,82,101)(H,83,102)(H,84,103)(H,85,113)(H,86,114)(H,87,111)(H,88,112)(H,89,109)(H,90,115)(H,104,105)(H,106,107)(H,116,117)(H,118,119)(H3,79,91,92,110)/t49-,50-,51-,54?,55?,56?,57?,58?,59?,60?/m0/s1. The van der Waals surface area contributed by atoms with E-state index in [9.17, 15) is 127 Å². The summed E-state index contributed by atoms with van der Waals surface area (Å²) in [5.74, 6) is -14.4. The number of nitrogens with one attached hydrogen (secondary N) is 11. The highest BCUT2D eigenvalue weighted by Crippen LogP contribution is 2.25. The average Bonchev–Trinajstić information content (AvgIpc) is 1.70. The van der Waals surface area contributed by atoms with Gasteiger partial charge in [-0.25, -0.2) is 19.4 Å². The van der Waals surface area contributed by atoms with Gasteiger partial charge in [0.15, 0.2) is 0 Å². The summed E-state index contributed by atoms with van der Waals surface area (Å²) in [6.45, 7) is -1.35. The first-order valence-electron chi connectivity index (χ1n) is 40.4. The van der Waals surface area contributed by atoms with E-state index in [0.717, 1.165) is 21.6 Å². The van der Waals surface area contributed by atoms with Gasteiger partial charge in [-0.1, -0.05) is 55.2 Å². The number of terminal acetylenes is 1. The van der Waals surface area contributed by atoms with Crippen LogP contribution in [-0.4, -0.2) is 299 Å². The van der Waals surface area contributed by atoms with E-state index in [1.807, 2.05) is 0 Å². The number of rotatable bonds is 68. The van der Waals surface area contributed by atoms with E-state index in [-0.39, 0.29) is 107 Å². The number of aliphatic hydroxyl groups is 6. The third-order valence-electron chi connectivity index (χ3n) is 18.4. The molecule has 0 saturated heterocycles. The zero-order valence-corrected chi connectivity index (χ0v) is 72.5. The summed E-state index contributed by atoms with van der Waals surface area (Å²) in [6.07, 6.45) is -3.34. The third kappa shape index (κ3) is 47.0. The van der Waals surface area contributed by atoms with E-state index in [1.165, 1.54) is 33.7 Å². The molecule has 2 aromatic carbocycles. The van der Waals surface area contributed by atoms with Crippen molar-refractivity contribution in [3.63, 3.8) is 0 Å². The monoisotopic (exact) mass is 1850 g/mol. The molecule has 1 heterocycles. The lowest BCUT2D eigenvalue weighted by Crippen LogP contribution is -2.59. The number of ether oxygens (including phenoxy) is 2. The van der Waals surface area contributed by atoms with Gasteiger partial charge in [-0.05, 0) is 138 Å². The van der Waals surface area contributed by atoms with Crippen LogP contribution in [-0.2, 0) is 83.1 Å². The second-order valence-electron chi connectivity index (χ2n) is 28.5. The van der Waals surface area contributed by atoms with Crippen LogP contribution < -0.4 is 75.1 Å². The lowest BCUT2D eigenvalue weighted by atomic mass is 10.0. The topological polar surface area (TPSA) is 715 Å². The van der Waals surface area contributed by atoms with Crippen molar-refractivity contribution in [1.29, 1.82) is 0 Å². The molecule has 3 aromatic rings. The SMILES string of the molecule is C#CCN(Cc1ccc2nc(N)[nH]c(=O)c2c1)c1ccc(C(=O)NC(CCC(=O)OCCSSCC(NC(=O)C(CCC(=O)NCCCC[C@H](O)CO)NC(=O)C(CCC(=O)O)NC(=O)C(CCC(=O)NCCCC[C@H](O)CO)NC(=O)C(CCC(=O)O)NC(=O)C(CCC(=O)NCCCC[C@H](O)CO)NC(=O)CCSSCCOC(N)=O)C(=O)O)C(=O)O)cc1. The fourth-order valence-corrected chi connectivity index (χ4v) is 15.4. The van der Waals surface area contributed by atoms with Gasteiger partial charge in [-0.2, -0.15) is 0 Å². The van der Waals surface area contributed by atoms with Crippen LogP contribution in [0.15, 0.2) is 47.3 Å². The van der Waals surface area contributed by atoms with Crippen LogP contribution in [0, 0.1) is 12.3 Å². The number of hydrogen-bond donors (Lipinski definition) is 23. The first-order valence-corrected chi connectivity index (χ1v) is 45.4. The maximum Gasteiger partial charge on any atom is 0.404 e. The lowest BCUT2D eigenvalue weighted by molar-refractivity contribution is -0.144. The number of carboxylic acid groups (broad SMARTS) is 4. The molecule has 3 rings (SSSR count). The van der Waals surface area contributed by atoms with Crippen LogP contribution in [0.1, 0.15) is 157 Å². The number of primary amides is 1. The number of nitrogens with zero attached hydrogens (tertiary/aromatic N) is 2. The molecule has 700 valence electrons. The second-order valence-corrected chi connectivity index (χ2v) is 33.8. The molecule has 11 amide bonds. The molecule has 0 aliphatic carbocycles. The van der Waals surface area contributed by atoms with E-state index in [0.29, 0.717) is 54.3 Å². The van der Waals surface area contributed by atoms with E-state index in [1.54, 1.807) is 35.2 Å². The van der Waals surface area contributed by atoms with Crippen LogP contribution in [0.5, 0.6) is 0 Å². The number of nitrogens with two attached hydrogens (primary N) is 2. The van der Waals surface area contributed by atoms with Crippen LogP contribution in [0.3, 0.4) is 0 Å². The minimum absolute atomic E-state index is 0.00306. The number of esters is 1. The van der Waals surface area contributed by atoms with Crippen LogP contribution >= 0.6 is 43.2 Å². The number of carbonyl (C=O) groups is 16. The number of aliphatic hydroxyl groups excluding tert-OH is 6. The van der Waals surface area contributed by atoms with Gasteiger partial charge in [0.2, 0.25) is 59.1 Å². The number of benzene rings is 2. The third-order valence-corrected chi connectivity index (χ3v) is 23.1. The molecule has 0 saturated carbocycles. The summed E-state index contributed by atoms with van der Waals surface area (Å²) in [5, 5.41) is 121. The minimum atomic E-state index is -2.00. The van der Waals surface area contributed by atoms with E-state index >= 15 is 0 Å². The number of anilines is 2. The zero-order chi connectivity index (χ0) is 93.5. The lowest BCUT2D eigenvalue weighted by Gasteiger charge is -2.27. The molecule has 0 spiro atoms. The van der Waals surface area contributed by atoms with Gasteiger partial charge in [-0.3, -0.25) is 72.1 Å². The summed E-state index contributed by atoms with van der Waals surface area (Å²) in [4.78, 5) is 233. The largest absolute Gasteiger partial charge is 0.481 e. The summed E-state index contributed by atoms with van der Waals surface area (Å²) < 4.78 is 9.94. The Morgan fingerprint density at radius 3 is 1.32 bits per heavy atom. The van der Waals surface area contributed by atoms with Gasteiger partial charge in [0, 0.05) is 105 Å². The van der Waals surface area contributed by atoms with Gasteiger partial charge in [-0.15, -0.1) is 6.42 Å². The Hall–Kier alpha value is -10.8. The van der Waals surface area contributed by atoms with Crippen molar-refractivity contribution in [2.75, 3.05) is 92.9 Å². The fourth-order valence-electron chi connectivity index (χ4n) is 11.6. The predicted octanol–water partition coefficient (Wildman–Crippen LogP) is -2.12. The molecule has 0 radical (unpaired) electrons. The van der Waals surface area contributed by atoms with Gasteiger partial charge in [0.1, 0.15) is 55.5 Å². The molecule has 7 unspecified atom stereocenters. The zero-order valence-electron chi connectivity index (χ0n) is 69.3. The van der Waals surface area contributed by atoms with Gasteiger partial charge < -0.3 is 130 Å². The number of nitrogen functional groups attached to an aromatic ring is 1.